The number of methoxy groups -OCH3 is 1. The van der Waals surface area contributed by atoms with Crippen LogP contribution in [0.1, 0.15) is 32.6 Å². The highest BCUT2D eigenvalue weighted by atomic mass is 32.2. The number of likely N-dealkylation sites (N-methyl/N-ethyl adjacent to an activating group) is 1. The van der Waals surface area contributed by atoms with Crippen LogP contribution in [0.2, 0.25) is 0 Å². The van der Waals surface area contributed by atoms with Crippen molar-refractivity contribution in [2.45, 2.75) is 48.3 Å². The summed E-state index contributed by atoms with van der Waals surface area (Å²) in [5, 5.41) is 3.51. The lowest BCUT2D eigenvalue weighted by Crippen LogP contribution is -2.55. The minimum atomic E-state index is -0.620. The first kappa shape index (κ1) is 16.3. The molecule has 1 fully saturated rings. The van der Waals surface area contributed by atoms with Crippen LogP contribution in [0.25, 0.3) is 0 Å². The molecule has 1 aromatic carbocycles. The van der Waals surface area contributed by atoms with E-state index in [0.717, 1.165) is 19.3 Å². The van der Waals surface area contributed by atoms with Crippen LogP contribution < -0.4 is 5.32 Å². The summed E-state index contributed by atoms with van der Waals surface area (Å²) >= 11 is 1.52. The van der Waals surface area contributed by atoms with Crippen molar-refractivity contribution in [2.75, 3.05) is 13.7 Å². The Morgan fingerprint density at radius 2 is 2.29 bits per heavy atom. The number of hydrogen-bond acceptors (Lipinski definition) is 4. The molecule has 1 saturated carbocycles. The van der Waals surface area contributed by atoms with Gasteiger partial charge in [0, 0.05) is 10.1 Å². The molecular formula is C16H22FNO2S. The van der Waals surface area contributed by atoms with Gasteiger partial charge in [0.05, 0.1) is 7.11 Å². The fourth-order valence-corrected chi connectivity index (χ4v) is 4.35. The molecule has 0 spiro atoms. The third kappa shape index (κ3) is 3.77. The molecule has 0 saturated heterocycles. The lowest BCUT2D eigenvalue weighted by Gasteiger charge is -2.39. The first-order valence-electron chi connectivity index (χ1n) is 7.36. The largest absolute Gasteiger partial charge is 0.468 e. The summed E-state index contributed by atoms with van der Waals surface area (Å²) in [5.74, 6) is -0.400. The van der Waals surface area contributed by atoms with Crippen molar-refractivity contribution in [3.8, 4) is 0 Å². The molecular weight excluding hydrogens is 289 g/mol. The molecule has 5 heteroatoms. The molecule has 2 rings (SSSR count). The second-order valence-corrected chi connectivity index (χ2v) is 6.71. The van der Waals surface area contributed by atoms with E-state index in [1.807, 2.05) is 13.0 Å². The predicted molar refractivity (Wildman–Crippen MR) is 82.9 cm³/mol. The highest BCUT2D eigenvalue weighted by Crippen LogP contribution is 2.39. The number of carbonyl (C=O) groups is 1. The molecule has 0 aliphatic heterocycles. The molecule has 3 nitrogen and oxygen atoms in total. The minimum absolute atomic E-state index is 0.194. The van der Waals surface area contributed by atoms with Crippen LogP contribution in [0.4, 0.5) is 4.39 Å². The number of carbonyl (C=O) groups excluding carboxylic acids is 1. The zero-order valence-corrected chi connectivity index (χ0v) is 13.3. The fourth-order valence-electron chi connectivity index (χ4n) is 3.00. The average molecular weight is 311 g/mol. The van der Waals surface area contributed by atoms with Crippen molar-refractivity contribution in [1.82, 2.24) is 5.32 Å². The smallest absolute Gasteiger partial charge is 0.326 e. The summed E-state index contributed by atoms with van der Waals surface area (Å²) in [5.41, 5.74) is -0.620. The predicted octanol–water partition coefficient (Wildman–Crippen LogP) is 3.38. The highest BCUT2D eigenvalue weighted by molar-refractivity contribution is 8.00. The van der Waals surface area contributed by atoms with Gasteiger partial charge in [-0.15, -0.1) is 11.8 Å². The van der Waals surface area contributed by atoms with E-state index < -0.39 is 5.54 Å². The van der Waals surface area contributed by atoms with Gasteiger partial charge in [0.25, 0.3) is 0 Å². The first-order chi connectivity index (χ1) is 10.1. The van der Waals surface area contributed by atoms with E-state index in [9.17, 15) is 9.18 Å². The zero-order valence-electron chi connectivity index (χ0n) is 12.5. The van der Waals surface area contributed by atoms with Crippen molar-refractivity contribution < 1.29 is 13.9 Å². The van der Waals surface area contributed by atoms with Crippen LogP contribution >= 0.6 is 11.8 Å². The van der Waals surface area contributed by atoms with E-state index in [1.54, 1.807) is 12.1 Å². The van der Waals surface area contributed by atoms with Crippen molar-refractivity contribution in [3.63, 3.8) is 0 Å². The molecule has 1 aliphatic rings. The Bertz CT molecular complexity index is 493. The van der Waals surface area contributed by atoms with E-state index >= 15 is 0 Å². The minimum Gasteiger partial charge on any atom is -0.468 e. The monoisotopic (exact) mass is 311 g/mol. The topological polar surface area (TPSA) is 38.3 Å². The summed E-state index contributed by atoms with van der Waals surface area (Å²) in [6, 6.07) is 6.80. The standard InChI is InChI=1S/C16H22FNO2S/c1-3-18-16(15(19)20-2)10-6-7-12(11-16)21-14-9-5-4-8-13(14)17/h4-5,8-9,12,18H,3,6-7,10-11H2,1-2H3. The normalized spacial score (nSPS) is 25.6. The van der Waals surface area contributed by atoms with Gasteiger partial charge in [0.15, 0.2) is 0 Å². The Morgan fingerprint density at radius 3 is 2.95 bits per heavy atom. The number of ether oxygens (including phenoxy) is 1. The Hall–Kier alpha value is -1.07. The van der Waals surface area contributed by atoms with Crippen LogP contribution in [0.3, 0.4) is 0 Å². The van der Waals surface area contributed by atoms with E-state index in [1.165, 1.54) is 24.9 Å². The average Bonchev–Trinajstić information content (AvgIpc) is 2.49. The third-order valence-electron chi connectivity index (χ3n) is 3.93. The maximum Gasteiger partial charge on any atom is 0.326 e. The summed E-state index contributed by atoms with van der Waals surface area (Å²) < 4.78 is 18.8. The molecule has 0 heterocycles. The number of benzene rings is 1. The Balaban J connectivity index is 2.12. The van der Waals surface area contributed by atoms with Gasteiger partial charge >= 0.3 is 5.97 Å². The lowest BCUT2D eigenvalue weighted by atomic mass is 9.81. The quantitative estimate of drug-likeness (QED) is 0.846. The Kier molecular flexibility index (Phi) is 5.65. The van der Waals surface area contributed by atoms with Gasteiger partial charge < -0.3 is 10.1 Å². The number of nitrogens with one attached hydrogen (secondary N) is 1. The second kappa shape index (κ2) is 7.27. The molecule has 0 aromatic heterocycles. The van der Waals surface area contributed by atoms with Crippen molar-refractivity contribution >= 4 is 17.7 Å². The third-order valence-corrected chi connectivity index (χ3v) is 5.25. The molecule has 21 heavy (non-hydrogen) atoms. The van der Waals surface area contributed by atoms with Crippen molar-refractivity contribution in [2.24, 2.45) is 0 Å². The summed E-state index contributed by atoms with van der Waals surface area (Å²) in [6.45, 7) is 2.70. The molecule has 1 N–H and O–H groups in total. The number of halogens is 1. The van der Waals surface area contributed by atoms with Gasteiger partial charge in [0.1, 0.15) is 11.4 Å². The van der Waals surface area contributed by atoms with Gasteiger partial charge in [-0.3, -0.25) is 4.79 Å². The van der Waals surface area contributed by atoms with Gasteiger partial charge in [0.2, 0.25) is 0 Å². The van der Waals surface area contributed by atoms with E-state index in [2.05, 4.69) is 5.32 Å². The van der Waals surface area contributed by atoms with E-state index in [4.69, 9.17) is 4.74 Å². The van der Waals surface area contributed by atoms with Crippen LogP contribution in [-0.4, -0.2) is 30.4 Å². The number of thioether (sulfide) groups is 1. The summed E-state index contributed by atoms with van der Waals surface area (Å²) in [7, 11) is 1.43. The van der Waals surface area contributed by atoms with Crippen LogP contribution in [0.5, 0.6) is 0 Å². The van der Waals surface area contributed by atoms with Crippen LogP contribution in [-0.2, 0) is 9.53 Å². The molecule has 0 amide bonds. The molecule has 1 aliphatic carbocycles. The molecule has 2 unspecified atom stereocenters. The molecule has 1 aromatic rings. The van der Waals surface area contributed by atoms with E-state index in [0.29, 0.717) is 17.9 Å². The van der Waals surface area contributed by atoms with Crippen LogP contribution in [0.15, 0.2) is 29.2 Å². The SMILES string of the molecule is CCNC1(C(=O)OC)CCCC(Sc2ccccc2F)C1. The zero-order chi connectivity index (χ0) is 15.3. The van der Waals surface area contributed by atoms with Gasteiger partial charge in [-0.1, -0.05) is 19.1 Å². The van der Waals surface area contributed by atoms with Gasteiger partial charge in [-0.05, 0) is 44.4 Å². The van der Waals surface area contributed by atoms with Gasteiger partial charge in [-0.25, -0.2) is 4.39 Å². The maximum atomic E-state index is 13.8. The number of rotatable bonds is 5. The molecule has 0 bridgehead atoms. The highest BCUT2D eigenvalue weighted by Gasteiger charge is 2.43. The second-order valence-electron chi connectivity index (χ2n) is 5.37. The summed E-state index contributed by atoms with van der Waals surface area (Å²) in [4.78, 5) is 12.8. The Morgan fingerprint density at radius 1 is 1.52 bits per heavy atom. The van der Waals surface area contributed by atoms with E-state index in [-0.39, 0.29) is 17.0 Å². The summed E-state index contributed by atoms with van der Waals surface area (Å²) in [6.07, 6.45) is 3.38. The van der Waals surface area contributed by atoms with Crippen LogP contribution in [0, 0.1) is 5.82 Å². The molecule has 2 atom stereocenters. The number of esters is 1. The fraction of sp³-hybridized carbons (Fsp3) is 0.562. The van der Waals surface area contributed by atoms with Crippen molar-refractivity contribution in [3.05, 3.63) is 30.1 Å². The first-order valence-corrected chi connectivity index (χ1v) is 8.24. The maximum absolute atomic E-state index is 13.8. The Labute approximate surface area is 129 Å². The number of hydrogen-bond donors (Lipinski definition) is 1. The van der Waals surface area contributed by atoms with Gasteiger partial charge in [-0.2, -0.15) is 0 Å². The lowest BCUT2D eigenvalue weighted by molar-refractivity contribution is -0.150. The molecule has 116 valence electrons. The molecule has 0 radical (unpaired) electrons. The van der Waals surface area contributed by atoms with Crippen molar-refractivity contribution in [1.29, 1.82) is 0 Å².